The zero-order chi connectivity index (χ0) is 9.97. The summed E-state index contributed by atoms with van der Waals surface area (Å²) in [4.78, 5) is 2.31. The Morgan fingerprint density at radius 1 is 1.14 bits per heavy atom. The van der Waals surface area contributed by atoms with E-state index in [1.165, 1.54) is 19.3 Å². The van der Waals surface area contributed by atoms with Crippen molar-refractivity contribution in [3.8, 4) is 0 Å². The zero-order valence-corrected chi connectivity index (χ0v) is 9.08. The largest absolute Gasteiger partial charge is 0.392 e. The molecule has 1 saturated carbocycles. The van der Waals surface area contributed by atoms with Crippen molar-refractivity contribution in [1.29, 1.82) is 0 Å². The van der Waals surface area contributed by atoms with Crippen molar-refractivity contribution >= 4 is 0 Å². The fraction of sp³-hybridized carbons (Fsp3) is 1.00. The van der Waals surface area contributed by atoms with Gasteiger partial charge >= 0.3 is 0 Å². The van der Waals surface area contributed by atoms with Gasteiger partial charge < -0.3 is 15.3 Å². The summed E-state index contributed by atoms with van der Waals surface area (Å²) in [6.45, 7) is 2.28. The zero-order valence-electron chi connectivity index (χ0n) is 9.08. The first-order valence-corrected chi connectivity index (χ1v) is 5.88. The molecule has 2 unspecified atom stereocenters. The molecule has 1 heterocycles. The van der Waals surface area contributed by atoms with E-state index < -0.39 is 0 Å². The van der Waals surface area contributed by atoms with Gasteiger partial charge in [0.05, 0.1) is 6.10 Å². The number of aliphatic hydroxyl groups excluding tert-OH is 1. The number of rotatable bonds is 2. The molecule has 2 aliphatic rings. The maximum atomic E-state index is 9.91. The van der Waals surface area contributed by atoms with E-state index >= 15 is 0 Å². The number of aliphatic hydroxyl groups is 1. The van der Waals surface area contributed by atoms with Gasteiger partial charge in [-0.1, -0.05) is 19.3 Å². The highest BCUT2D eigenvalue weighted by Crippen LogP contribution is 2.19. The Hall–Kier alpha value is -0.120. The van der Waals surface area contributed by atoms with Crippen molar-refractivity contribution in [3.05, 3.63) is 0 Å². The van der Waals surface area contributed by atoms with Gasteiger partial charge in [0.25, 0.3) is 0 Å². The molecule has 2 N–H and O–H groups in total. The summed E-state index contributed by atoms with van der Waals surface area (Å²) in [5.74, 6) is 0. The summed E-state index contributed by atoms with van der Waals surface area (Å²) in [7, 11) is 2.14. The van der Waals surface area contributed by atoms with Crippen LogP contribution in [0.3, 0.4) is 0 Å². The summed E-state index contributed by atoms with van der Waals surface area (Å²) in [6.07, 6.45) is 5.80. The molecule has 0 radical (unpaired) electrons. The third-order valence-electron chi connectivity index (χ3n) is 3.49. The van der Waals surface area contributed by atoms with Gasteiger partial charge in [-0.05, 0) is 19.9 Å². The van der Waals surface area contributed by atoms with E-state index in [2.05, 4.69) is 17.3 Å². The molecule has 2 atom stereocenters. The van der Waals surface area contributed by atoms with Crippen LogP contribution in [0, 0.1) is 0 Å². The van der Waals surface area contributed by atoms with Crippen molar-refractivity contribution in [2.24, 2.45) is 0 Å². The van der Waals surface area contributed by atoms with Crippen LogP contribution >= 0.6 is 0 Å². The lowest BCUT2D eigenvalue weighted by atomic mass is 10.0. The first-order valence-electron chi connectivity index (χ1n) is 5.88. The lowest BCUT2D eigenvalue weighted by molar-refractivity contribution is 0.0830. The molecule has 3 nitrogen and oxygen atoms in total. The number of nitrogens with one attached hydrogen (secondary N) is 1. The van der Waals surface area contributed by atoms with Gasteiger partial charge in [-0.15, -0.1) is 0 Å². The lowest BCUT2D eigenvalue weighted by Gasteiger charge is -2.40. The predicted molar refractivity (Wildman–Crippen MR) is 57.3 cm³/mol. The highest BCUT2D eigenvalue weighted by molar-refractivity contribution is 4.89. The Labute approximate surface area is 86.5 Å². The maximum Gasteiger partial charge on any atom is 0.0693 e. The molecule has 1 saturated heterocycles. The van der Waals surface area contributed by atoms with Gasteiger partial charge in [0.1, 0.15) is 0 Å². The molecule has 3 heteroatoms. The smallest absolute Gasteiger partial charge is 0.0693 e. The van der Waals surface area contributed by atoms with Gasteiger partial charge in [-0.3, -0.25) is 0 Å². The molecule has 0 amide bonds. The molecule has 0 spiro atoms. The molecule has 1 aliphatic heterocycles. The molecule has 0 aromatic heterocycles. The Bertz CT molecular complexity index is 180. The second-order valence-corrected chi connectivity index (χ2v) is 4.90. The second kappa shape index (κ2) is 4.60. The van der Waals surface area contributed by atoms with Crippen molar-refractivity contribution in [2.45, 2.75) is 50.3 Å². The van der Waals surface area contributed by atoms with Crippen molar-refractivity contribution in [2.75, 3.05) is 20.1 Å². The average molecular weight is 198 g/mol. The Balaban J connectivity index is 1.77. The van der Waals surface area contributed by atoms with Crippen LogP contribution in [0.4, 0.5) is 0 Å². The van der Waals surface area contributed by atoms with E-state index in [1.54, 1.807) is 0 Å². The fourth-order valence-corrected chi connectivity index (χ4v) is 2.59. The highest BCUT2D eigenvalue weighted by atomic mass is 16.3. The molecule has 2 rings (SSSR count). The summed E-state index contributed by atoms with van der Waals surface area (Å²) < 4.78 is 0. The van der Waals surface area contributed by atoms with Crippen LogP contribution in [-0.2, 0) is 0 Å². The Kier molecular flexibility index (Phi) is 3.42. The SMILES string of the molecule is CN1CC(NC2CCCCCC2O)C1. The van der Waals surface area contributed by atoms with Gasteiger partial charge in [0.15, 0.2) is 0 Å². The lowest BCUT2D eigenvalue weighted by Crippen LogP contribution is -2.60. The fourth-order valence-electron chi connectivity index (χ4n) is 2.59. The molecule has 1 aliphatic carbocycles. The third kappa shape index (κ3) is 2.47. The van der Waals surface area contributed by atoms with Crippen LogP contribution in [0.25, 0.3) is 0 Å². The number of likely N-dealkylation sites (tertiary alicyclic amines) is 1. The molecule has 2 fully saturated rings. The van der Waals surface area contributed by atoms with Crippen LogP contribution in [-0.4, -0.2) is 48.3 Å². The standard InChI is InChI=1S/C11H22N2O/c1-13-7-9(8-13)12-10-5-3-2-4-6-11(10)14/h9-12,14H,2-8H2,1H3. The average Bonchev–Trinajstić information content (AvgIpc) is 2.29. The highest BCUT2D eigenvalue weighted by Gasteiger charge is 2.29. The van der Waals surface area contributed by atoms with Crippen LogP contribution in [0.2, 0.25) is 0 Å². The minimum atomic E-state index is -0.108. The predicted octanol–water partition coefficient (Wildman–Crippen LogP) is 0.584. The Morgan fingerprint density at radius 2 is 1.86 bits per heavy atom. The number of likely N-dealkylation sites (N-methyl/N-ethyl adjacent to an activating group) is 1. The second-order valence-electron chi connectivity index (χ2n) is 4.90. The first-order chi connectivity index (χ1) is 6.75. The van der Waals surface area contributed by atoms with E-state index in [4.69, 9.17) is 0 Å². The molecule has 14 heavy (non-hydrogen) atoms. The molecule has 0 aromatic carbocycles. The number of nitrogens with zero attached hydrogens (tertiary/aromatic N) is 1. The molecule has 0 bridgehead atoms. The van der Waals surface area contributed by atoms with E-state index in [1.807, 2.05) is 0 Å². The normalized spacial score (nSPS) is 36.4. The number of hydrogen-bond donors (Lipinski definition) is 2. The van der Waals surface area contributed by atoms with Crippen LogP contribution in [0.1, 0.15) is 32.1 Å². The minimum Gasteiger partial charge on any atom is -0.392 e. The van der Waals surface area contributed by atoms with Gasteiger partial charge in [-0.2, -0.15) is 0 Å². The van der Waals surface area contributed by atoms with E-state index in [0.29, 0.717) is 12.1 Å². The molecule has 82 valence electrons. The van der Waals surface area contributed by atoms with Crippen molar-refractivity contribution in [1.82, 2.24) is 10.2 Å². The minimum absolute atomic E-state index is 0.108. The van der Waals surface area contributed by atoms with E-state index in [9.17, 15) is 5.11 Å². The maximum absolute atomic E-state index is 9.91. The third-order valence-corrected chi connectivity index (χ3v) is 3.49. The van der Waals surface area contributed by atoms with Gasteiger partial charge in [-0.25, -0.2) is 0 Å². The van der Waals surface area contributed by atoms with Crippen LogP contribution in [0.15, 0.2) is 0 Å². The number of hydrogen-bond acceptors (Lipinski definition) is 3. The molecule has 0 aromatic rings. The summed E-state index contributed by atoms with van der Waals surface area (Å²) in [5, 5.41) is 13.5. The van der Waals surface area contributed by atoms with Gasteiger partial charge in [0.2, 0.25) is 0 Å². The first kappa shape index (κ1) is 10.4. The van der Waals surface area contributed by atoms with Crippen LogP contribution < -0.4 is 5.32 Å². The molecular formula is C11H22N2O. The summed E-state index contributed by atoms with van der Waals surface area (Å²) in [5.41, 5.74) is 0. The molecular weight excluding hydrogens is 176 g/mol. The quantitative estimate of drug-likeness (QED) is 0.637. The van der Waals surface area contributed by atoms with Crippen molar-refractivity contribution < 1.29 is 5.11 Å². The van der Waals surface area contributed by atoms with Gasteiger partial charge in [0, 0.05) is 25.2 Å². The Morgan fingerprint density at radius 3 is 2.57 bits per heavy atom. The summed E-state index contributed by atoms with van der Waals surface area (Å²) in [6, 6.07) is 0.981. The monoisotopic (exact) mass is 198 g/mol. The summed E-state index contributed by atoms with van der Waals surface area (Å²) >= 11 is 0. The van der Waals surface area contributed by atoms with E-state index in [-0.39, 0.29) is 6.10 Å². The van der Waals surface area contributed by atoms with Crippen molar-refractivity contribution in [3.63, 3.8) is 0 Å². The topological polar surface area (TPSA) is 35.5 Å². The van der Waals surface area contributed by atoms with Crippen LogP contribution in [0.5, 0.6) is 0 Å². The van der Waals surface area contributed by atoms with E-state index in [0.717, 1.165) is 25.9 Å².